The lowest BCUT2D eigenvalue weighted by atomic mass is 10.2. The van der Waals surface area contributed by atoms with Crippen molar-refractivity contribution in [2.75, 3.05) is 6.54 Å². The first-order chi connectivity index (χ1) is 13.7. The molecule has 2 aromatic carbocycles. The normalized spacial score (nSPS) is 17.3. The van der Waals surface area contributed by atoms with Gasteiger partial charge in [-0.2, -0.15) is 8.42 Å². The van der Waals surface area contributed by atoms with Crippen LogP contribution in [0.25, 0.3) is 6.08 Å². The summed E-state index contributed by atoms with van der Waals surface area (Å²) in [6.45, 7) is 1.84. The minimum atomic E-state index is -4.15. The molecule has 1 fully saturated rings. The summed E-state index contributed by atoms with van der Waals surface area (Å²) in [5, 5.41) is 10.9. The summed E-state index contributed by atoms with van der Waals surface area (Å²) in [5.41, 5.74) is 0.295. The highest BCUT2D eigenvalue weighted by molar-refractivity contribution is 8.19. The molecule has 3 rings (SSSR count). The van der Waals surface area contributed by atoms with Crippen LogP contribution in [0.3, 0.4) is 0 Å². The molecule has 29 heavy (non-hydrogen) atoms. The molecule has 0 bridgehead atoms. The van der Waals surface area contributed by atoms with Crippen molar-refractivity contribution >= 4 is 44.6 Å². The number of thioether (sulfide) groups is 1. The zero-order valence-corrected chi connectivity index (χ0v) is 16.6. The van der Waals surface area contributed by atoms with E-state index in [1.165, 1.54) is 29.2 Å². The van der Waals surface area contributed by atoms with Gasteiger partial charge < -0.3 is 0 Å². The van der Waals surface area contributed by atoms with E-state index in [1.807, 2.05) is 0 Å². The highest BCUT2D eigenvalue weighted by atomic mass is 32.2. The number of hydrogen-bond donors (Lipinski definition) is 0. The van der Waals surface area contributed by atoms with Crippen molar-refractivity contribution in [1.82, 2.24) is 4.90 Å². The molecule has 0 radical (unpaired) electrons. The molecule has 11 heteroatoms. The van der Waals surface area contributed by atoms with Crippen molar-refractivity contribution in [3.63, 3.8) is 0 Å². The molecule has 0 atom stereocenters. The maximum absolute atomic E-state index is 13.0. The maximum Gasteiger partial charge on any atom is 0.284 e. The van der Waals surface area contributed by atoms with Crippen molar-refractivity contribution in [2.45, 2.75) is 11.8 Å². The van der Waals surface area contributed by atoms with Crippen molar-refractivity contribution in [3.8, 4) is 0 Å². The van der Waals surface area contributed by atoms with Crippen LogP contribution in [0.4, 0.5) is 10.1 Å². The summed E-state index contributed by atoms with van der Waals surface area (Å²) in [6.07, 6.45) is 1.44. The van der Waals surface area contributed by atoms with Crippen LogP contribution in [-0.4, -0.2) is 35.9 Å². The van der Waals surface area contributed by atoms with Crippen molar-refractivity contribution < 1.29 is 22.5 Å². The number of benzene rings is 2. The third-order valence-corrected chi connectivity index (χ3v) is 6.30. The third kappa shape index (κ3) is 4.51. The molecule has 2 aromatic rings. The van der Waals surface area contributed by atoms with Crippen LogP contribution >= 0.6 is 11.8 Å². The number of rotatable bonds is 5. The van der Waals surface area contributed by atoms with Gasteiger partial charge in [0.15, 0.2) is 5.17 Å². The molecule has 150 valence electrons. The molecular weight excluding hydrogens is 421 g/mol. The molecular formula is C18H14FN3O5S2. The van der Waals surface area contributed by atoms with Gasteiger partial charge in [-0.1, -0.05) is 12.1 Å². The number of hydrogen-bond acceptors (Lipinski definition) is 6. The zero-order chi connectivity index (χ0) is 21.2. The lowest BCUT2D eigenvalue weighted by molar-refractivity contribution is -0.384. The average Bonchev–Trinajstić information content (AvgIpc) is 2.95. The first-order valence-electron chi connectivity index (χ1n) is 8.27. The molecule has 0 spiro atoms. The van der Waals surface area contributed by atoms with Gasteiger partial charge in [0.1, 0.15) is 5.82 Å². The Bertz CT molecular complexity index is 1140. The van der Waals surface area contributed by atoms with Crippen LogP contribution in [0.1, 0.15) is 12.5 Å². The standard InChI is InChI=1S/C18H14FN3O5S2/c1-2-21-17(23)16(11-12-4-3-5-14(10-12)22(24)25)28-18(21)20-29(26,27)15-8-6-13(19)7-9-15/h3-11H,2H2,1H3/b16-11-,20-18?. The Hall–Kier alpha value is -3.05. The van der Waals surface area contributed by atoms with E-state index >= 15 is 0 Å². The second kappa shape index (κ2) is 8.13. The van der Waals surface area contributed by atoms with E-state index in [1.54, 1.807) is 13.0 Å². The quantitative estimate of drug-likeness (QED) is 0.404. The number of carbonyl (C=O) groups excluding carboxylic acids is 1. The summed E-state index contributed by atoms with van der Waals surface area (Å²) in [5.74, 6) is -1.04. The van der Waals surface area contributed by atoms with Crippen LogP contribution in [-0.2, 0) is 14.8 Å². The number of halogens is 1. The van der Waals surface area contributed by atoms with E-state index in [0.29, 0.717) is 5.56 Å². The van der Waals surface area contributed by atoms with E-state index in [2.05, 4.69) is 4.40 Å². The number of likely N-dealkylation sites (N-methyl/N-ethyl adjacent to an activating group) is 1. The minimum Gasteiger partial charge on any atom is -0.286 e. The number of sulfonamides is 1. The summed E-state index contributed by atoms with van der Waals surface area (Å²) < 4.78 is 41.8. The summed E-state index contributed by atoms with van der Waals surface area (Å²) in [6, 6.07) is 9.90. The number of nitrogens with zero attached hydrogens (tertiary/aromatic N) is 3. The smallest absolute Gasteiger partial charge is 0.284 e. The Labute approximate surface area is 170 Å². The van der Waals surface area contributed by atoms with Crippen LogP contribution in [0.2, 0.25) is 0 Å². The van der Waals surface area contributed by atoms with Gasteiger partial charge in [0, 0.05) is 18.7 Å². The highest BCUT2D eigenvalue weighted by Gasteiger charge is 2.34. The summed E-state index contributed by atoms with van der Waals surface area (Å²) in [7, 11) is -4.15. The van der Waals surface area contributed by atoms with Gasteiger partial charge in [0.2, 0.25) is 0 Å². The number of nitro groups is 1. The molecule has 8 nitrogen and oxygen atoms in total. The van der Waals surface area contributed by atoms with Crippen LogP contribution in [0.5, 0.6) is 0 Å². The number of amidine groups is 1. The van der Waals surface area contributed by atoms with Gasteiger partial charge in [-0.05, 0) is 54.6 Å². The Morgan fingerprint density at radius 1 is 1.24 bits per heavy atom. The van der Waals surface area contributed by atoms with Gasteiger partial charge in [-0.15, -0.1) is 4.40 Å². The molecule has 0 saturated carbocycles. The van der Waals surface area contributed by atoms with E-state index in [4.69, 9.17) is 0 Å². The van der Waals surface area contributed by atoms with E-state index < -0.39 is 26.7 Å². The predicted molar refractivity (Wildman–Crippen MR) is 107 cm³/mol. The second-order valence-electron chi connectivity index (χ2n) is 5.82. The molecule has 0 N–H and O–H groups in total. The van der Waals surface area contributed by atoms with Crippen molar-refractivity contribution in [2.24, 2.45) is 4.40 Å². The lowest BCUT2D eigenvalue weighted by Crippen LogP contribution is -2.29. The monoisotopic (exact) mass is 435 g/mol. The van der Waals surface area contributed by atoms with Crippen LogP contribution in [0, 0.1) is 15.9 Å². The zero-order valence-electron chi connectivity index (χ0n) is 15.0. The second-order valence-corrected chi connectivity index (χ2v) is 8.43. The van der Waals surface area contributed by atoms with Crippen molar-refractivity contribution in [3.05, 3.63) is 74.9 Å². The van der Waals surface area contributed by atoms with Gasteiger partial charge in [-0.25, -0.2) is 4.39 Å². The highest BCUT2D eigenvalue weighted by Crippen LogP contribution is 2.34. The molecule has 0 unspecified atom stereocenters. The molecule has 0 aromatic heterocycles. The fourth-order valence-corrected chi connectivity index (χ4v) is 4.74. The topological polar surface area (TPSA) is 110 Å². The Morgan fingerprint density at radius 3 is 2.55 bits per heavy atom. The van der Waals surface area contributed by atoms with Gasteiger partial charge >= 0.3 is 0 Å². The maximum atomic E-state index is 13.0. The SMILES string of the molecule is CCN1C(=O)/C(=C/c2cccc([N+](=O)[O-])c2)SC1=NS(=O)(=O)c1ccc(F)cc1. The van der Waals surface area contributed by atoms with E-state index in [0.717, 1.165) is 36.0 Å². The largest absolute Gasteiger partial charge is 0.286 e. The molecule has 1 aliphatic heterocycles. The fourth-order valence-electron chi connectivity index (χ4n) is 2.50. The predicted octanol–water partition coefficient (Wildman–Crippen LogP) is 3.42. The van der Waals surface area contributed by atoms with Gasteiger partial charge in [0.05, 0.1) is 14.7 Å². The van der Waals surface area contributed by atoms with Crippen molar-refractivity contribution in [1.29, 1.82) is 0 Å². The van der Waals surface area contributed by atoms with Crippen LogP contribution in [0.15, 0.2) is 62.7 Å². The average molecular weight is 435 g/mol. The van der Waals surface area contributed by atoms with Crippen LogP contribution < -0.4 is 0 Å². The number of non-ortho nitro benzene ring substituents is 1. The molecule has 1 heterocycles. The molecule has 0 aliphatic carbocycles. The molecule has 1 aliphatic rings. The van der Waals surface area contributed by atoms with Gasteiger partial charge in [0.25, 0.3) is 21.6 Å². The minimum absolute atomic E-state index is 0.0431. The number of amides is 1. The Kier molecular flexibility index (Phi) is 5.80. The lowest BCUT2D eigenvalue weighted by Gasteiger charge is -2.11. The molecule has 1 saturated heterocycles. The molecule has 1 amide bonds. The summed E-state index contributed by atoms with van der Waals surface area (Å²) >= 11 is 0.850. The fraction of sp³-hybridized carbons (Fsp3) is 0.111. The summed E-state index contributed by atoms with van der Waals surface area (Å²) in [4.78, 5) is 24.1. The Balaban J connectivity index is 1.97. The first-order valence-corrected chi connectivity index (χ1v) is 10.5. The van der Waals surface area contributed by atoms with E-state index in [-0.39, 0.29) is 27.2 Å². The van der Waals surface area contributed by atoms with E-state index in [9.17, 15) is 27.7 Å². The van der Waals surface area contributed by atoms with Gasteiger partial charge in [-0.3, -0.25) is 19.8 Å². The first kappa shape index (κ1) is 20.7. The Morgan fingerprint density at radius 2 is 1.93 bits per heavy atom. The number of nitro benzene ring substituents is 1. The number of carbonyl (C=O) groups is 1. The third-order valence-electron chi connectivity index (χ3n) is 3.89.